The van der Waals surface area contributed by atoms with Crippen LogP contribution in [0.5, 0.6) is 0 Å². The van der Waals surface area contributed by atoms with Gasteiger partial charge >= 0.3 is 0 Å². The van der Waals surface area contributed by atoms with E-state index in [2.05, 4.69) is 10.2 Å². The Labute approximate surface area is 118 Å². The molecule has 4 aliphatic rings. The molecule has 1 saturated carbocycles. The third-order valence-electron chi connectivity index (χ3n) is 5.75. The lowest BCUT2D eigenvalue weighted by Gasteiger charge is -2.57. The van der Waals surface area contributed by atoms with E-state index in [1.807, 2.05) is 13.8 Å². The number of likely N-dealkylation sites (tertiary alicyclic amines) is 1. The van der Waals surface area contributed by atoms with Crippen LogP contribution in [-0.4, -0.2) is 50.3 Å². The molecule has 4 rings (SSSR count). The molecule has 1 atom stereocenters. The third kappa shape index (κ3) is 2.45. The van der Waals surface area contributed by atoms with Crippen molar-refractivity contribution in [3.8, 4) is 0 Å². The Kier molecular flexibility index (Phi) is 3.89. The molecule has 1 N–H and O–H groups in total. The van der Waals surface area contributed by atoms with Gasteiger partial charge in [0.25, 0.3) is 0 Å². The second kappa shape index (κ2) is 5.34. The molecule has 0 radical (unpaired) electrons. The molecular weight excluding hydrogens is 236 g/mol. The molecule has 3 aliphatic heterocycles. The van der Waals surface area contributed by atoms with Crippen LogP contribution >= 0.6 is 0 Å². The third-order valence-corrected chi connectivity index (χ3v) is 5.75. The predicted molar refractivity (Wildman–Crippen MR) is 78.3 cm³/mol. The molecule has 0 aromatic rings. The number of hydrogen-bond acceptors (Lipinski definition) is 3. The van der Waals surface area contributed by atoms with Gasteiger partial charge < -0.3 is 10.1 Å². The average Bonchev–Trinajstić information content (AvgIpc) is 2.73. The molecule has 0 bridgehead atoms. The van der Waals surface area contributed by atoms with Gasteiger partial charge in [0.05, 0.1) is 13.2 Å². The Morgan fingerprint density at radius 2 is 1.68 bits per heavy atom. The SMILES string of the molecule is C1CC2(CCN1)CCC(N1CC3(COC3)C1)C2.CC. The minimum absolute atomic E-state index is 0.601. The van der Waals surface area contributed by atoms with Crippen LogP contribution in [0.15, 0.2) is 0 Å². The topological polar surface area (TPSA) is 24.5 Å². The van der Waals surface area contributed by atoms with Crippen LogP contribution in [0.3, 0.4) is 0 Å². The molecule has 3 saturated heterocycles. The van der Waals surface area contributed by atoms with Crippen molar-refractivity contribution < 1.29 is 4.74 Å². The fraction of sp³-hybridized carbons (Fsp3) is 1.00. The van der Waals surface area contributed by atoms with E-state index in [0.717, 1.165) is 24.7 Å². The van der Waals surface area contributed by atoms with Gasteiger partial charge in [-0.3, -0.25) is 4.90 Å². The molecular formula is C16H30N2O. The first-order chi connectivity index (χ1) is 9.29. The van der Waals surface area contributed by atoms with E-state index in [1.165, 1.54) is 58.3 Å². The standard InChI is InChI=1S/C14H24N2O.C2H6/c1-2-13(3-5-15-6-4-13)7-12(1)16-8-14(9-16)10-17-11-14;1-2/h12,15H,1-11H2;1-2H3. The van der Waals surface area contributed by atoms with E-state index in [0.29, 0.717) is 5.41 Å². The van der Waals surface area contributed by atoms with Crippen molar-refractivity contribution in [3.63, 3.8) is 0 Å². The molecule has 0 amide bonds. The Balaban J connectivity index is 0.000000528. The van der Waals surface area contributed by atoms with Crippen molar-refractivity contribution in [1.29, 1.82) is 0 Å². The van der Waals surface area contributed by atoms with Crippen molar-refractivity contribution >= 4 is 0 Å². The van der Waals surface area contributed by atoms with Crippen LogP contribution in [0.1, 0.15) is 46.0 Å². The Morgan fingerprint density at radius 3 is 2.26 bits per heavy atom. The summed E-state index contributed by atoms with van der Waals surface area (Å²) in [6.45, 7) is 11.2. The highest BCUT2D eigenvalue weighted by molar-refractivity contribution is 5.05. The lowest BCUT2D eigenvalue weighted by molar-refractivity contribution is -0.198. The van der Waals surface area contributed by atoms with Crippen LogP contribution in [0.2, 0.25) is 0 Å². The van der Waals surface area contributed by atoms with Crippen molar-refractivity contribution in [1.82, 2.24) is 10.2 Å². The highest BCUT2D eigenvalue weighted by atomic mass is 16.5. The summed E-state index contributed by atoms with van der Waals surface area (Å²) < 4.78 is 5.37. The second-order valence-electron chi connectivity index (χ2n) is 7.04. The summed E-state index contributed by atoms with van der Waals surface area (Å²) in [5.41, 5.74) is 1.32. The number of nitrogens with one attached hydrogen (secondary N) is 1. The summed E-state index contributed by atoms with van der Waals surface area (Å²) in [6, 6.07) is 0.902. The van der Waals surface area contributed by atoms with Crippen LogP contribution < -0.4 is 5.32 Å². The maximum absolute atomic E-state index is 5.37. The minimum Gasteiger partial charge on any atom is -0.380 e. The maximum atomic E-state index is 5.37. The quantitative estimate of drug-likeness (QED) is 0.788. The summed E-state index contributed by atoms with van der Waals surface area (Å²) in [7, 11) is 0. The molecule has 3 heterocycles. The lowest BCUT2D eigenvalue weighted by Crippen LogP contribution is -2.67. The van der Waals surface area contributed by atoms with Crippen molar-refractivity contribution in [2.75, 3.05) is 39.4 Å². The number of nitrogens with zero attached hydrogens (tertiary/aromatic N) is 1. The number of piperidine rings is 1. The molecule has 0 aromatic carbocycles. The largest absolute Gasteiger partial charge is 0.380 e. The number of ether oxygens (including phenoxy) is 1. The van der Waals surface area contributed by atoms with Gasteiger partial charge in [0, 0.05) is 24.5 Å². The minimum atomic E-state index is 0.601. The van der Waals surface area contributed by atoms with Crippen LogP contribution in [-0.2, 0) is 4.74 Å². The molecule has 3 heteroatoms. The number of rotatable bonds is 1. The summed E-state index contributed by atoms with van der Waals surface area (Å²) in [5, 5.41) is 3.51. The zero-order valence-corrected chi connectivity index (χ0v) is 12.7. The van der Waals surface area contributed by atoms with E-state index in [1.54, 1.807) is 0 Å². The van der Waals surface area contributed by atoms with Crippen LogP contribution in [0.4, 0.5) is 0 Å². The Hall–Kier alpha value is -0.120. The van der Waals surface area contributed by atoms with Crippen LogP contribution in [0.25, 0.3) is 0 Å². The fourth-order valence-electron chi connectivity index (χ4n) is 4.55. The molecule has 1 unspecified atom stereocenters. The van der Waals surface area contributed by atoms with E-state index in [-0.39, 0.29) is 0 Å². The van der Waals surface area contributed by atoms with E-state index < -0.39 is 0 Å². The van der Waals surface area contributed by atoms with Crippen molar-refractivity contribution in [2.45, 2.75) is 52.0 Å². The van der Waals surface area contributed by atoms with Gasteiger partial charge in [0.15, 0.2) is 0 Å². The van der Waals surface area contributed by atoms with E-state index >= 15 is 0 Å². The zero-order chi connectivity index (χ0) is 13.3. The van der Waals surface area contributed by atoms with Gasteiger partial charge in [-0.1, -0.05) is 13.8 Å². The Morgan fingerprint density at radius 1 is 1.00 bits per heavy atom. The fourth-order valence-corrected chi connectivity index (χ4v) is 4.55. The van der Waals surface area contributed by atoms with E-state index in [9.17, 15) is 0 Å². The van der Waals surface area contributed by atoms with Gasteiger partial charge in [0.1, 0.15) is 0 Å². The maximum Gasteiger partial charge on any atom is 0.0569 e. The first kappa shape index (κ1) is 13.8. The summed E-state index contributed by atoms with van der Waals surface area (Å²) in [6.07, 6.45) is 7.26. The highest BCUT2D eigenvalue weighted by Gasteiger charge is 2.53. The molecule has 110 valence electrons. The lowest BCUT2D eigenvalue weighted by atomic mass is 9.75. The second-order valence-corrected chi connectivity index (χ2v) is 7.04. The normalized spacial score (nSPS) is 35.4. The van der Waals surface area contributed by atoms with Gasteiger partial charge in [-0.15, -0.1) is 0 Å². The average molecular weight is 266 g/mol. The number of hydrogen-bond donors (Lipinski definition) is 1. The molecule has 4 fully saturated rings. The van der Waals surface area contributed by atoms with Gasteiger partial charge in [-0.2, -0.15) is 0 Å². The van der Waals surface area contributed by atoms with E-state index in [4.69, 9.17) is 4.74 Å². The molecule has 3 nitrogen and oxygen atoms in total. The van der Waals surface area contributed by atoms with Gasteiger partial charge in [0.2, 0.25) is 0 Å². The van der Waals surface area contributed by atoms with Gasteiger partial charge in [-0.25, -0.2) is 0 Å². The van der Waals surface area contributed by atoms with Crippen molar-refractivity contribution in [2.24, 2.45) is 10.8 Å². The highest BCUT2D eigenvalue weighted by Crippen LogP contribution is 2.49. The summed E-state index contributed by atoms with van der Waals surface area (Å²) in [5.74, 6) is 0. The smallest absolute Gasteiger partial charge is 0.0569 e. The molecule has 19 heavy (non-hydrogen) atoms. The van der Waals surface area contributed by atoms with Crippen LogP contribution in [0, 0.1) is 10.8 Å². The van der Waals surface area contributed by atoms with Crippen molar-refractivity contribution in [3.05, 3.63) is 0 Å². The zero-order valence-electron chi connectivity index (χ0n) is 12.7. The monoisotopic (exact) mass is 266 g/mol. The summed E-state index contributed by atoms with van der Waals surface area (Å²) >= 11 is 0. The first-order valence-corrected chi connectivity index (χ1v) is 8.32. The predicted octanol–water partition coefficient (Wildman–Crippen LogP) is 2.27. The molecule has 1 aliphatic carbocycles. The molecule has 0 aromatic heterocycles. The van der Waals surface area contributed by atoms with Gasteiger partial charge in [-0.05, 0) is 50.6 Å². The Bertz CT molecular complexity index is 300. The first-order valence-electron chi connectivity index (χ1n) is 8.32. The summed E-state index contributed by atoms with van der Waals surface area (Å²) in [4.78, 5) is 2.75. The molecule has 2 spiro atoms.